The van der Waals surface area contributed by atoms with E-state index in [1.54, 1.807) is 0 Å². The van der Waals surface area contributed by atoms with Gasteiger partial charge in [-0.15, -0.1) is 0 Å². The first-order valence-electron chi connectivity index (χ1n) is 6.89. The van der Waals surface area contributed by atoms with Gasteiger partial charge in [-0.25, -0.2) is 0 Å². The fourth-order valence-corrected chi connectivity index (χ4v) is 2.00. The molecule has 0 unspecified atom stereocenters. The van der Waals surface area contributed by atoms with E-state index < -0.39 is 0 Å². The van der Waals surface area contributed by atoms with Crippen LogP contribution in [0.4, 0.5) is 5.69 Å². The summed E-state index contributed by atoms with van der Waals surface area (Å²) in [7, 11) is 0. The molecule has 0 atom stereocenters. The van der Waals surface area contributed by atoms with Crippen LogP contribution >= 0.6 is 0 Å². The van der Waals surface area contributed by atoms with Crippen LogP contribution in [0.2, 0.25) is 0 Å². The number of rotatable bonds is 4. The van der Waals surface area contributed by atoms with Gasteiger partial charge >= 0.3 is 0 Å². The van der Waals surface area contributed by atoms with Crippen LogP contribution in [0, 0.1) is 0 Å². The third-order valence-electron chi connectivity index (χ3n) is 3.30. The minimum atomic E-state index is 0.106. The summed E-state index contributed by atoms with van der Waals surface area (Å²) in [6, 6.07) is 17.7. The standard InChI is InChI=1S/C18H21NO/c1-18(2,3)15-11-9-14(10-12-15)17(20)13-19-16-7-5-4-6-8-16/h4-12,19H,13H2,1-3H3. The van der Waals surface area contributed by atoms with Crippen molar-refractivity contribution in [2.75, 3.05) is 11.9 Å². The van der Waals surface area contributed by atoms with Gasteiger partial charge in [-0.1, -0.05) is 63.2 Å². The summed E-state index contributed by atoms with van der Waals surface area (Å²) < 4.78 is 0. The number of Topliss-reactive ketones (excluding diaryl/α,β-unsaturated/α-hetero) is 1. The minimum absolute atomic E-state index is 0.106. The number of carbonyl (C=O) groups excluding carboxylic acids is 1. The number of carbonyl (C=O) groups is 1. The van der Waals surface area contributed by atoms with Crippen LogP contribution in [0.15, 0.2) is 54.6 Å². The normalized spacial score (nSPS) is 11.2. The van der Waals surface area contributed by atoms with Crippen molar-refractivity contribution in [2.45, 2.75) is 26.2 Å². The van der Waals surface area contributed by atoms with Crippen LogP contribution in [0.3, 0.4) is 0 Å². The lowest BCUT2D eigenvalue weighted by atomic mass is 9.86. The van der Waals surface area contributed by atoms with Crippen molar-refractivity contribution >= 4 is 11.5 Å². The molecule has 0 bridgehead atoms. The highest BCUT2D eigenvalue weighted by Gasteiger charge is 2.14. The Morgan fingerprint density at radius 3 is 2.10 bits per heavy atom. The molecule has 0 aliphatic heterocycles. The van der Waals surface area contributed by atoms with Crippen molar-refractivity contribution < 1.29 is 4.79 Å². The maximum atomic E-state index is 12.1. The highest BCUT2D eigenvalue weighted by Crippen LogP contribution is 2.22. The Morgan fingerprint density at radius 2 is 1.55 bits per heavy atom. The zero-order chi connectivity index (χ0) is 14.6. The van der Waals surface area contributed by atoms with E-state index in [1.165, 1.54) is 5.56 Å². The number of ketones is 1. The van der Waals surface area contributed by atoms with E-state index in [1.807, 2.05) is 54.6 Å². The molecule has 0 radical (unpaired) electrons. The van der Waals surface area contributed by atoms with Crippen LogP contribution < -0.4 is 5.32 Å². The smallest absolute Gasteiger partial charge is 0.181 e. The number of nitrogens with one attached hydrogen (secondary N) is 1. The monoisotopic (exact) mass is 267 g/mol. The SMILES string of the molecule is CC(C)(C)c1ccc(C(=O)CNc2ccccc2)cc1. The van der Waals surface area contributed by atoms with E-state index in [0.717, 1.165) is 11.3 Å². The summed E-state index contributed by atoms with van der Waals surface area (Å²) in [5.41, 5.74) is 3.07. The second-order valence-corrected chi connectivity index (χ2v) is 5.97. The molecule has 2 nitrogen and oxygen atoms in total. The van der Waals surface area contributed by atoms with E-state index in [4.69, 9.17) is 0 Å². The highest BCUT2D eigenvalue weighted by molar-refractivity contribution is 5.99. The van der Waals surface area contributed by atoms with Crippen molar-refractivity contribution in [3.05, 3.63) is 65.7 Å². The first kappa shape index (κ1) is 14.3. The zero-order valence-corrected chi connectivity index (χ0v) is 12.3. The van der Waals surface area contributed by atoms with Crippen LogP contribution in [-0.4, -0.2) is 12.3 Å². The lowest BCUT2D eigenvalue weighted by Gasteiger charge is -2.19. The van der Waals surface area contributed by atoms with Gasteiger partial charge in [0.25, 0.3) is 0 Å². The zero-order valence-electron chi connectivity index (χ0n) is 12.3. The van der Waals surface area contributed by atoms with E-state index >= 15 is 0 Å². The Morgan fingerprint density at radius 1 is 0.950 bits per heavy atom. The van der Waals surface area contributed by atoms with Crippen molar-refractivity contribution in [1.82, 2.24) is 0 Å². The molecular formula is C18H21NO. The second kappa shape index (κ2) is 5.91. The molecule has 0 spiro atoms. The van der Waals surface area contributed by atoms with E-state index in [2.05, 4.69) is 26.1 Å². The molecule has 0 saturated heterocycles. The van der Waals surface area contributed by atoms with E-state index in [0.29, 0.717) is 6.54 Å². The number of para-hydroxylation sites is 1. The lowest BCUT2D eigenvalue weighted by molar-refractivity contribution is 0.101. The van der Waals surface area contributed by atoms with E-state index in [9.17, 15) is 4.79 Å². The average Bonchev–Trinajstić information content (AvgIpc) is 2.45. The summed E-state index contributed by atoms with van der Waals surface area (Å²) in [6.07, 6.45) is 0. The largest absolute Gasteiger partial charge is 0.378 e. The van der Waals surface area contributed by atoms with Crippen molar-refractivity contribution in [1.29, 1.82) is 0 Å². The molecule has 0 aliphatic carbocycles. The molecule has 0 aliphatic rings. The summed E-state index contributed by atoms with van der Waals surface area (Å²) in [5.74, 6) is 0.106. The summed E-state index contributed by atoms with van der Waals surface area (Å²) in [6.45, 7) is 6.82. The molecule has 104 valence electrons. The van der Waals surface area contributed by atoms with Crippen molar-refractivity contribution in [3.63, 3.8) is 0 Å². The summed E-state index contributed by atoms with van der Waals surface area (Å²) >= 11 is 0. The van der Waals surface area contributed by atoms with Crippen LogP contribution in [-0.2, 0) is 5.41 Å². The Hall–Kier alpha value is -2.09. The number of benzene rings is 2. The molecule has 0 amide bonds. The van der Waals surface area contributed by atoms with Gasteiger partial charge in [0.05, 0.1) is 6.54 Å². The highest BCUT2D eigenvalue weighted by atomic mass is 16.1. The predicted molar refractivity (Wildman–Crippen MR) is 84.4 cm³/mol. The Kier molecular flexibility index (Phi) is 4.23. The van der Waals surface area contributed by atoms with Crippen molar-refractivity contribution in [3.8, 4) is 0 Å². The molecule has 2 rings (SSSR count). The molecular weight excluding hydrogens is 246 g/mol. The quantitative estimate of drug-likeness (QED) is 0.838. The maximum absolute atomic E-state index is 12.1. The molecule has 0 fully saturated rings. The first-order chi connectivity index (χ1) is 9.47. The van der Waals surface area contributed by atoms with Gasteiger partial charge < -0.3 is 5.32 Å². The van der Waals surface area contributed by atoms with Gasteiger partial charge in [-0.05, 0) is 23.1 Å². The third kappa shape index (κ3) is 3.70. The summed E-state index contributed by atoms with van der Waals surface area (Å²) in [5, 5.41) is 3.14. The third-order valence-corrected chi connectivity index (χ3v) is 3.30. The maximum Gasteiger partial charge on any atom is 0.181 e. The summed E-state index contributed by atoms with van der Waals surface area (Å²) in [4.78, 5) is 12.1. The average molecular weight is 267 g/mol. The first-order valence-corrected chi connectivity index (χ1v) is 6.89. The molecule has 2 aromatic rings. The molecule has 0 heterocycles. The Bertz CT molecular complexity index is 565. The van der Waals surface area contributed by atoms with Crippen LogP contribution in [0.25, 0.3) is 0 Å². The molecule has 20 heavy (non-hydrogen) atoms. The van der Waals surface area contributed by atoms with E-state index in [-0.39, 0.29) is 11.2 Å². The Balaban J connectivity index is 1.99. The fourth-order valence-electron chi connectivity index (χ4n) is 2.00. The van der Waals surface area contributed by atoms with Gasteiger partial charge in [0.1, 0.15) is 0 Å². The lowest BCUT2D eigenvalue weighted by Crippen LogP contribution is -2.15. The predicted octanol–water partition coefficient (Wildman–Crippen LogP) is 4.28. The van der Waals surface area contributed by atoms with Gasteiger partial charge in [0.15, 0.2) is 5.78 Å². The Labute approximate surface area is 120 Å². The van der Waals surface area contributed by atoms with Crippen LogP contribution in [0.1, 0.15) is 36.7 Å². The molecule has 1 N–H and O–H groups in total. The van der Waals surface area contributed by atoms with Gasteiger partial charge in [0.2, 0.25) is 0 Å². The number of anilines is 1. The molecule has 2 aromatic carbocycles. The number of hydrogen-bond donors (Lipinski definition) is 1. The molecule has 0 saturated carbocycles. The molecule has 0 aromatic heterocycles. The second-order valence-electron chi connectivity index (χ2n) is 5.97. The van der Waals surface area contributed by atoms with Gasteiger partial charge in [-0.3, -0.25) is 4.79 Å². The van der Waals surface area contributed by atoms with Gasteiger partial charge in [0, 0.05) is 11.3 Å². The minimum Gasteiger partial charge on any atom is -0.378 e. The fraction of sp³-hybridized carbons (Fsp3) is 0.278. The van der Waals surface area contributed by atoms with Crippen LogP contribution in [0.5, 0.6) is 0 Å². The van der Waals surface area contributed by atoms with Crippen molar-refractivity contribution in [2.24, 2.45) is 0 Å². The molecule has 2 heteroatoms. The number of hydrogen-bond acceptors (Lipinski definition) is 2. The van der Waals surface area contributed by atoms with Gasteiger partial charge in [-0.2, -0.15) is 0 Å². The topological polar surface area (TPSA) is 29.1 Å².